The van der Waals surface area contributed by atoms with Crippen LogP contribution < -0.4 is 0 Å². The zero-order valence-corrected chi connectivity index (χ0v) is 11.4. The third-order valence-corrected chi connectivity index (χ3v) is 6.11. The Labute approximate surface area is 84.2 Å². The quantitative estimate of drug-likeness (QED) is 0.584. The summed E-state index contributed by atoms with van der Waals surface area (Å²) in [6.07, 6.45) is 0. The Morgan fingerprint density at radius 2 is 1.55 bits per heavy atom. The molecule has 0 amide bonds. The largest absolute Gasteiger partial charge is 0.487 e. The molecule has 0 saturated carbocycles. The zero-order valence-electron chi connectivity index (χ0n) is 6.34. The topological polar surface area (TPSA) is 44.8 Å². The van der Waals surface area contributed by atoms with E-state index < -0.39 is 16.1 Å². The molecule has 0 aliphatic rings. The van der Waals surface area contributed by atoms with Gasteiger partial charge in [0.2, 0.25) is 0 Å². The van der Waals surface area contributed by atoms with Gasteiger partial charge in [0.25, 0.3) is 0 Å². The molecule has 8 heteroatoms. The van der Waals surface area contributed by atoms with Crippen LogP contribution in [0, 0.1) is 0 Å². The normalized spacial score (nSPS) is 13.5. The number of hydrogen-bond acceptors (Lipinski definition) is 4. The first-order valence-electron chi connectivity index (χ1n) is 2.74. The summed E-state index contributed by atoms with van der Waals surface area (Å²) in [7, 11) is -5.32. The van der Waals surface area contributed by atoms with E-state index in [1.54, 1.807) is 0 Å². The van der Waals surface area contributed by atoms with Crippen LogP contribution in [0.5, 0.6) is 0 Å². The van der Waals surface area contributed by atoms with Crippen molar-refractivity contribution in [2.45, 2.75) is 19.6 Å². The van der Waals surface area contributed by atoms with Gasteiger partial charge in [0.05, 0.1) is 0 Å². The van der Waals surface area contributed by atoms with Crippen LogP contribution in [0.15, 0.2) is 0 Å². The smallest absolute Gasteiger partial charge is 0.329 e. The fraction of sp³-hybridized carbons (Fsp3) is 1.00. The van der Waals surface area contributed by atoms with Gasteiger partial charge in [-0.15, -0.1) is 0 Å². The maximum absolute atomic E-state index is 11.2. The van der Waals surface area contributed by atoms with E-state index in [4.69, 9.17) is 4.21 Å². The van der Waals surface area contributed by atoms with E-state index in [0.717, 1.165) is 0 Å². The van der Waals surface area contributed by atoms with Gasteiger partial charge in [0, 0.05) is 0 Å². The van der Waals surface area contributed by atoms with E-state index in [1.165, 1.54) is 0 Å². The molecule has 0 bridgehead atoms. The SMILES string of the molecule is C[Si](C)(C)OP(=O)(OBr)OBr. The average molecular weight is 328 g/mol. The van der Waals surface area contributed by atoms with Crippen LogP contribution in [-0.4, -0.2) is 8.32 Å². The van der Waals surface area contributed by atoms with Crippen LogP contribution in [0.1, 0.15) is 0 Å². The molecule has 0 N–H and O–H groups in total. The first-order valence-corrected chi connectivity index (χ1v) is 8.91. The van der Waals surface area contributed by atoms with Crippen LogP contribution in [0.3, 0.4) is 0 Å². The van der Waals surface area contributed by atoms with Crippen LogP contribution in [0.4, 0.5) is 0 Å². The summed E-state index contributed by atoms with van der Waals surface area (Å²) in [5.74, 6) is 0. The molecule has 0 aliphatic carbocycles. The molecule has 68 valence electrons. The lowest BCUT2D eigenvalue weighted by Crippen LogP contribution is -2.23. The first-order chi connectivity index (χ1) is 4.83. The molecule has 0 aromatic heterocycles. The summed E-state index contributed by atoms with van der Waals surface area (Å²) in [5.41, 5.74) is 0. The van der Waals surface area contributed by atoms with Gasteiger partial charge in [-0.3, -0.25) is 0 Å². The molecule has 4 nitrogen and oxygen atoms in total. The molecule has 0 radical (unpaired) electrons. The molecule has 0 unspecified atom stereocenters. The van der Waals surface area contributed by atoms with Gasteiger partial charge in [-0.1, -0.05) is 0 Å². The van der Waals surface area contributed by atoms with Gasteiger partial charge in [0.1, 0.15) is 32.5 Å². The Balaban J connectivity index is 4.21. The summed E-state index contributed by atoms with van der Waals surface area (Å²) in [5, 5.41) is 0. The molecular formula is C3H9Br2O4PSi. The Kier molecular flexibility index (Phi) is 5.03. The molecule has 11 heavy (non-hydrogen) atoms. The zero-order chi connectivity index (χ0) is 9.12. The number of rotatable bonds is 4. The monoisotopic (exact) mass is 326 g/mol. The van der Waals surface area contributed by atoms with Crippen LogP contribution in [0.25, 0.3) is 0 Å². The first kappa shape index (κ1) is 12.3. The van der Waals surface area contributed by atoms with Crippen molar-refractivity contribution in [1.29, 1.82) is 0 Å². The van der Waals surface area contributed by atoms with E-state index in [-0.39, 0.29) is 0 Å². The summed E-state index contributed by atoms with van der Waals surface area (Å²) >= 11 is 5.13. The van der Waals surface area contributed by atoms with Crippen molar-refractivity contribution in [3.63, 3.8) is 0 Å². The van der Waals surface area contributed by atoms with Crippen molar-refractivity contribution < 1.29 is 16.0 Å². The molecule has 0 saturated heterocycles. The summed E-state index contributed by atoms with van der Waals surface area (Å²) in [6.45, 7) is 5.62. The van der Waals surface area contributed by atoms with Gasteiger partial charge in [-0.2, -0.15) is 0 Å². The second kappa shape index (κ2) is 4.50. The van der Waals surface area contributed by atoms with Crippen molar-refractivity contribution >= 4 is 48.7 Å². The summed E-state index contributed by atoms with van der Waals surface area (Å²) < 4.78 is 25.1. The summed E-state index contributed by atoms with van der Waals surface area (Å²) in [4.78, 5) is 0. The van der Waals surface area contributed by atoms with Gasteiger partial charge in [-0.25, -0.2) is 11.8 Å². The number of phosphoric acid groups is 1. The van der Waals surface area contributed by atoms with E-state index in [1.807, 2.05) is 19.6 Å². The fourth-order valence-corrected chi connectivity index (χ4v) is 5.20. The van der Waals surface area contributed by atoms with Crippen molar-refractivity contribution in [2.75, 3.05) is 0 Å². The second-order valence-corrected chi connectivity index (χ2v) is 10.7. The molecule has 0 spiro atoms. The predicted octanol–water partition coefficient (Wildman–Crippen LogP) is 3.60. The van der Waals surface area contributed by atoms with Crippen LogP contribution in [0.2, 0.25) is 19.6 Å². The highest BCUT2D eigenvalue weighted by Gasteiger charge is 2.33. The Morgan fingerprint density at radius 1 is 1.18 bits per heavy atom. The highest BCUT2D eigenvalue weighted by molar-refractivity contribution is 9.07. The minimum Gasteiger partial charge on any atom is -0.329 e. The van der Waals surface area contributed by atoms with Gasteiger partial charge >= 0.3 is 7.82 Å². The molecule has 0 aliphatic heterocycles. The third-order valence-electron chi connectivity index (χ3n) is 0.555. The number of halogens is 2. The summed E-state index contributed by atoms with van der Waals surface area (Å²) in [6, 6.07) is 0. The van der Waals surface area contributed by atoms with Crippen molar-refractivity contribution in [1.82, 2.24) is 0 Å². The average Bonchev–Trinajstić information content (AvgIpc) is 1.84. The molecular weight excluding hydrogens is 319 g/mol. The molecule has 0 heterocycles. The van der Waals surface area contributed by atoms with Crippen molar-refractivity contribution in [3.05, 3.63) is 0 Å². The van der Waals surface area contributed by atoms with Gasteiger partial charge in [0.15, 0.2) is 8.32 Å². The van der Waals surface area contributed by atoms with Crippen molar-refractivity contribution in [2.24, 2.45) is 0 Å². The van der Waals surface area contributed by atoms with E-state index in [9.17, 15) is 4.57 Å². The van der Waals surface area contributed by atoms with Gasteiger partial charge in [-0.05, 0) is 19.6 Å². The highest BCUT2D eigenvalue weighted by atomic mass is 79.9. The second-order valence-electron chi connectivity index (χ2n) is 2.79. The van der Waals surface area contributed by atoms with E-state index >= 15 is 0 Å². The standard InChI is InChI=1S/C3H9Br2O4PSi/c1-11(2,3)9-10(6,7-4)8-5/h1-3H3. The minimum absolute atomic E-state index is 1.87. The molecule has 0 atom stereocenters. The molecule has 0 aromatic rings. The highest BCUT2D eigenvalue weighted by Crippen LogP contribution is 2.55. The Hall–Kier alpha value is 1.29. The predicted molar refractivity (Wildman–Crippen MR) is 52.1 cm³/mol. The lowest BCUT2D eigenvalue weighted by atomic mass is 11.8. The van der Waals surface area contributed by atoms with E-state index in [2.05, 4.69) is 39.7 Å². The molecule has 0 aromatic carbocycles. The molecule has 0 rings (SSSR count). The van der Waals surface area contributed by atoms with Crippen LogP contribution >= 0.6 is 40.3 Å². The lowest BCUT2D eigenvalue weighted by Gasteiger charge is -2.20. The number of hydrogen-bond donors (Lipinski definition) is 0. The Bertz CT molecular complexity index is 161. The maximum atomic E-state index is 11.2. The third kappa shape index (κ3) is 5.51. The Morgan fingerprint density at radius 3 is 1.64 bits per heavy atom. The van der Waals surface area contributed by atoms with Gasteiger partial charge < -0.3 is 4.21 Å². The molecule has 0 fully saturated rings. The van der Waals surface area contributed by atoms with E-state index in [0.29, 0.717) is 0 Å². The van der Waals surface area contributed by atoms with Crippen molar-refractivity contribution in [3.8, 4) is 0 Å². The van der Waals surface area contributed by atoms with Crippen LogP contribution in [-0.2, 0) is 16.0 Å². The minimum atomic E-state index is -3.41. The fourth-order valence-electron chi connectivity index (χ4n) is 0.374. The maximum Gasteiger partial charge on any atom is 0.487 e. The lowest BCUT2D eigenvalue weighted by molar-refractivity contribution is 0.341.